The van der Waals surface area contributed by atoms with Crippen LogP contribution in [0.5, 0.6) is 0 Å². The summed E-state index contributed by atoms with van der Waals surface area (Å²) in [5.74, 6) is 0. The summed E-state index contributed by atoms with van der Waals surface area (Å²) in [7, 11) is 0. The Morgan fingerprint density at radius 2 is 2.06 bits per heavy atom. The summed E-state index contributed by atoms with van der Waals surface area (Å²) >= 11 is 7.31. The molecule has 0 spiro atoms. The highest BCUT2D eigenvalue weighted by atomic mass is 35.5. The number of rotatable bonds is 1. The molecule has 0 aromatic carbocycles. The van der Waals surface area contributed by atoms with E-state index in [1.54, 1.807) is 0 Å². The molecule has 90 valence electrons. The van der Waals surface area contributed by atoms with Gasteiger partial charge in [0.1, 0.15) is 0 Å². The van der Waals surface area contributed by atoms with E-state index in [1.165, 1.54) is 11.3 Å². The van der Waals surface area contributed by atoms with E-state index in [9.17, 15) is 4.79 Å². The maximum Gasteiger partial charge on any atom is 0.257 e. The van der Waals surface area contributed by atoms with Crippen LogP contribution < -0.4 is 16.1 Å². The van der Waals surface area contributed by atoms with Crippen molar-refractivity contribution >= 4 is 35.6 Å². The van der Waals surface area contributed by atoms with Crippen molar-refractivity contribution in [3.63, 3.8) is 0 Å². The molecule has 2 aliphatic heterocycles. The highest BCUT2D eigenvalue weighted by Gasteiger charge is 2.00. The molecule has 0 bridgehead atoms. The molecule has 0 unspecified atom stereocenters. The monoisotopic (exact) mass is 276 g/mol. The van der Waals surface area contributed by atoms with Crippen molar-refractivity contribution in [2.75, 3.05) is 0 Å². The molecule has 3 rings (SSSR count). The molecular formula is C13H9ClN2OS. The summed E-state index contributed by atoms with van der Waals surface area (Å²) in [5, 5.41) is 2.92. The average molecular weight is 277 g/mol. The highest BCUT2D eigenvalue weighted by molar-refractivity contribution is 7.16. The summed E-state index contributed by atoms with van der Waals surface area (Å²) in [4.78, 5) is 18.8. The number of nitrogens with one attached hydrogen (secondary N) is 2. The molecule has 0 atom stereocenters. The Kier molecular flexibility index (Phi) is 2.61. The van der Waals surface area contributed by atoms with Crippen LogP contribution in [0.2, 0.25) is 4.34 Å². The normalized spacial score (nSPS) is 12.4. The molecule has 0 fully saturated rings. The maximum absolute atomic E-state index is 11.9. The summed E-state index contributed by atoms with van der Waals surface area (Å²) in [5.41, 5.74) is -0.114. The van der Waals surface area contributed by atoms with Crippen LogP contribution in [-0.4, -0.2) is 9.97 Å². The van der Waals surface area contributed by atoms with E-state index >= 15 is 0 Å². The van der Waals surface area contributed by atoms with E-state index in [4.69, 9.17) is 11.6 Å². The largest absolute Gasteiger partial charge is 0.354 e. The SMILES string of the molecule is C=c1ccc2[nH]c(=O)c(=Cc3ccc(Cl)s3)c=2[nH]1. The quantitative estimate of drug-likeness (QED) is 0.693. The molecule has 0 saturated carbocycles. The minimum absolute atomic E-state index is 0.114. The molecule has 2 aliphatic rings. The van der Waals surface area contributed by atoms with Gasteiger partial charge in [-0.25, -0.2) is 0 Å². The summed E-state index contributed by atoms with van der Waals surface area (Å²) in [6, 6.07) is 7.37. The number of aromatic amines is 2. The van der Waals surface area contributed by atoms with Crippen LogP contribution in [0.15, 0.2) is 29.1 Å². The van der Waals surface area contributed by atoms with Crippen molar-refractivity contribution in [3.05, 3.63) is 65.1 Å². The van der Waals surface area contributed by atoms with Crippen molar-refractivity contribution in [2.24, 2.45) is 0 Å². The maximum atomic E-state index is 11.9. The topological polar surface area (TPSA) is 48.6 Å². The lowest BCUT2D eigenvalue weighted by Gasteiger charge is -1.86. The minimum Gasteiger partial charge on any atom is -0.354 e. The Hall–Kier alpha value is -1.78. The third-order valence-corrected chi connectivity index (χ3v) is 3.83. The Morgan fingerprint density at radius 1 is 1.22 bits per heavy atom. The lowest BCUT2D eigenvalue weighted by Crippen LogP contribution is -2.23. The third kappa shape index (κ3) is 1.89. The van der Waals surface area contributed by atoms with Crippen molar-refractivity contribution in [3.8, 4) is 0 Å². The van der Waals surface area contributed by atoms with Gasteiger partial charge >= 0.3 is 0 Å². The van der Waals surface area contributed by atoms with E-state index in [2.05, 4.69) is 16.5 Å². The average Bonchev–Trinajstić information content (AvgIpc) is 2.86. The molecule has 0 radical (unpaired) electrons. The van der Waals surface area contributed by atoms with Crippen molar-refractivity contribution in [1.29, 1.82) is 0 Å². The second kappa shape index (κ2) is 4.15. The van der Waals surface area contributed by atoms with Crippen LogP contribution in [0, 0.1) is 10.7 Å². The van der Waals surface area contributed by atoms with Crippen LogP contribution in [0.1, 0.15) is 4.88 Å². The van der Waals surface area contributed by atoms with Gasteiger partial charge in [0.15, 0.2) is 0 Å². The van der Waals surface area contributed by atoms with Crippen LogP contribution in [0.4, 0.5) is 0 Å². The standard InChI is InChI=1S/C13H9ClN2OS/c1-7-2-4-10-12(15-7)9(13(17)16-10)6-8-3-5-11(14)18-8/h2-6,15H,1H2,(H,16,17). The fourth-order valence-corrected chi connectivity index (χ4v) is 2.85. The van der Waals surface area contributed by atoms with Crippen LogP contribution in [0.25, 0.3) is 12.7 Å². The molecule has 0 amide bonds. The zero-order valence-electron chi connectivity index (χ0n) is 9.29. The number of hydrogen-bond donors (Lipinski definition) is 2. The molecule has 18 heavy (non-hydrogen) atoms. The van der Waals surface area contributed by atoms with E-state index in [0.717, 1.165) is 20.9 Å². The zero-order valence-corrected chi connectivity index (χ0v) is 10.9. The highest BCUT2D eigenvalue weighted by Crippen LogP contribution is 2.21. The number of halogens is 1. The number of H-pyrrole nitrogens is 2. The van der Waals surface area contributed by atoms with Gasteiger partial charge in [-0.05, 0) is 30.3 Å². The molecule has 3 heterocycles. The Balaban J connectivity index is 2.42. The minimum atomic E-state index is -0.114. The van der Waals surface area contributed by atoms with Gasteiger partial charge in [0.2, 0.25) is 0 Å². The van der Waals surface area contributed by atoms with Gasteiger partial charge in [-0.1, -0.05) is 18.2 Å². The van der Waals surface area contributed by atoms with Crippen LogP contribution in [0.3, 0.4) is 0 Å². The smallest absolute Gasteiger partial charge is 0.257 e. The molecule has 0 aliphatic carbocycles. The molecule has 1 aromatic rings. The van der Waals surface area contributed by atoms with Gasteiger partial charge in [-0.15, -0.1) is 11.3 Å². The van der Waals surface area contributed by atoms with E-state index < -0.39 is 0 Å². The first-order valence-corrected chi connectivity index (χ1v) is 6.50. The predicted molar refractivity (Wildman–Crippen MR) is 74.4 cm³/mol. The van der Waals surface area contributed by atoms with Crippen LogP contribution in [-0.2, 0) is 0 Å². The fraction of sp³-hybridized carbons (Fsp3) is 0. The Labute approximate surface area is 111 Å². The lowest BCUT2D eigenvalue weighted by atomic mass is 10.3. The second-order valence-electron chi connectivity index (χ2n) is 3.93. The molecule has 1 aromatic heterocycles. The third-order valence-electron chi connectivity index (χ3n) is 2.65. The van der Waals surface area contributed by atoms with Crippen molar-refractivity contribution < 1.29 is 0 Å². The summed E-state index contributed by atoms with van der Waals surface area (Å²) < 4.78 is 0.704. The van der Waals surface area contributed by atoms with Crippen molar-refractivity contribution in [1.82, 2.24) is 9.97 Å². The zero-order chi connectivity index (χ0) is 12.7. The molecule has 2 N–H and O–H groups in total. The molecule has 0 saturated heterocycles. The first kappa shape index (κ1) is 11.3. The lowest BCUT2D eigenvalue weighted by molar-refractivity contribution is 1.15. The Morgan fingerprint density at radius 3 is 2.78 bits per heavy atom. The van der Waals surface area contributed by atoms with Crippen LogP contribution >= 0.6 is 22.9 Å². The number of thiophene rings is 1. The molecule has 5 heteroatoms. The fourth-order valence-electron chi connectivity index (χ4n) is 1.84. The van der Waals surface area contributed by atoms with E-state index in [1.807, 2.05) is 30.3 Å². The van der Waals surface area contributed by atoms with E-state index in [-0.39, 0.29) is 5.56 Å². The van der Waals surface area contributed by atoms with Gasteiger partial charge in [0.25, 0.3) is 5.56 Å². The van der Waals surface area contributed by atoms with Gasteiger partial charge in [0, 0.05) is 10.2 Å². The van der Waals surface area contributed by atoms with Gasteiger partial charge < -0.3 is 9.97 Å². The van der Waals surface area contributed by atoms with Gasteiger partial charge in [0.05, 0.1) is 20.3 Å². The Bertz CT molecular complexity index is 935. The summed E-state index contributed by atoms with van der Waals surface area (Å²) in [6.45, 7) is 3.83. The molecular weight excluding hydrogens is 268 g/mol. The van der Waals surface area contributed by atoms with E-state index in [0.29, 0.717) is 9.55 Å². The predicted octanol–water partition coefficient (Wildman–Crippen LogP) is 1.38. The first-order chi connectivity index (χ1) is 8.63. The first-order valence-electron chi connectivity index (χ1n) is 5.30. The summed E-state index contributed by atoms with van der Waals surface area (Å²) in [6.07, 6.45) is 1.83. The number of hydrogen-bond acceptors (Lipinski definition) is 2. The van der Waals surface area contributed by atoms with Crippen molar-refractivity contribution in [2.45, 2.75) is 0 Å². The second-order valence-corrected chi connectivity index (χ2v) is 5.67. The van der Waals surface area contributed by atoms with Gasteiger partial charge in [-0.3, -0.25) is 4.79 Å². The number of aromatic nitrogens is 2. The molecule has 3 nitrogen and oxygen atoms in total. The van der Waals surface area contributed by atoms with Gasteiger partial charge in [-0.2, -0.15) is 0 Å².